The molecule has 0 radical (unpaired) electrons. The fraction of sp³-hybridized carbons (Fsp3) is 0.296. The summed E-state index contributed by atoms with van der Waals surface area (Å²) >= 11 is 2.60. The Morgan fingerprint density at radius 2 is 1.91 bits per heavy atom. The van der Waals surface area contributed by atoms with Gasteiger partial charge in [0.05, 0.1) is 7.11 Å². The van der Waals surface area contributed by atoms with Crippen molar-refractivity contribution in [1.29, 1.82) is 0 Å². The summed E-state index contributed by atoms with van der Waals surface area (Å²) in [6.07, 6.45) is -0.829. The number of amides is 3. The van der Waals surface area contributed by atoms with Gasteiger partial charge in [0.2, 0.25) is 11.1 Å². The van der Waals surface area contributed by atoms with Gasteiger partial charge < -0.3 is 25.2 Å². The number of methoxy groups -OCH3 is 1. The van der Waals surface area contributed by atoms with Crippen molar-refractivity contribution < 1.29 is 33.8 Å². The molecule has 3 atom stereocenters. The van der Waals surface area contributed by atoms with E-state index in [4.69, 9.17) is 9.47 Å². The number of carboxylic acid groups (broad SMARTS) is 1. The van der Waals surface area contributed by atoms with Crippen LogP contribution < -0.4 is 15.4 Å². The molecule has 2 aliphatic rings. The molecule has 43 heavy (non-hydrogen) atoms. The number of thioether (sulfide) groups is 2. The van der Waals surface area contributed by atoms with Crippen LogP contribution in [0, 0.1) is 0 Å². The van der Waals surface area contributed by atoms with Crippen molar-refractivity contribution >= 4 is 47.4 Å². The second-order valence-electron chi connectivity index (χ2n) is 9.44. The molecule has 224 valence electrons. The second-order valence-corrected chi connectivity index (χ2v) is 11.5. The molecule has 0 spiro atoms. The predicted octanol–water partition coefficient (Wildman–Crippen LogP) is 1.72. The summed E-state index contributed by atoms with van der Waals surface area (Å²) in [6.45, 7) is -0.0359. The van der Waals surface area contributed by atoms with Crippen LogP contribution in [-0.4, -0.2) is 84.1 Å². The lowest BCUT2D eigenvalue weighted by Gasteiger charge is -2.49. The number of fused-ring (bicyclic) bond motifs is 1. The van der Waals surface area contributed by atoms with E-state index in [1.54, 1.807) is 68.8 Å². The quantitative estimate of drug-likeness (QED) is 0.208. The zero-order chi connectivity index (χ0) is 30.5. The smallest absolute Gasteiger partial charge is 0.408 e. The first-order valence-electron chi connectivity index (χ1n) is 12.9. The molecular weight excluding hydrogens is 598 g/mol. The highest BCUT2D eigenvalue weighted by molar-refractivity contribution is 8.01. The topological polar surface area (TPSA) is 178 Å². The zero-order valence-electron chi connectivity index (χ0n) is 23.0. The van der Waals surface area contributed by atoms with E-state index in [0.717, 1.165) is 5.56 Å². The number of alkyl carbamates (subject to hydrolysis) is 1. The highest BCUT2D eigenvalue weighted by atomic mass is 32.2. The maximum atomic E-state index is 13.5. The lowest BCUT2D eigenvalue weighted by Crippen LogP contribution is -2.71. The average Bonchev–Trinajstić information content (AvgIpc) is 3.44. The van der Waals surface area contributed by atoms with Crippen molar-refractivity contribution in [2.24, 2.45) is 7.05 Å². The monoisotopic (exact) mass is 625 g/mol. The Kier molecular flexibility index (Phi) is 9.16. The molecule has 3 N–H and O–H groups in total. The van der Waals surface area contributed by atoms with E-state index < -0.39 is 41.3 Å². The number of ether oxygens (including phenoxy) is 2. The molecule has 2 aliphatic heterocycles. The third-order valence-corrected chi connectivity index (χ3v) is 9.13. The van der Waals surface area contributed by atoms with E-state index in [1.807, 2.05) is 0 Å². The molecule has 3 heterocycles. The minimum atomic E-state index is -1.24. The second kappa shape index (κ2) is 13.2. The van der Waals surface area contributed by atoms with Gasteiger partial charge >= 0.3 is 12.1 Å². The van der Waals surface area contributed by atoms with Crippen molar-refractivity contribution in [2.45, 2.75) is 29.2 Å². The Labute approximate surface area is 254 Å². The Hall–Kier alpha value is -4.57. The number of β-lactam (4-membered cyclic amide) rings is 1. The molecule has 14 nitrogen and oxygen atoms in total. The molecule has 3 aromatic rings. The van der Waals surface area contributed by atoms with E-state index >= 15 is 0 Å². The summed E-state index contributed by atoms with van der Waals surface area (Å²) in [5.41, 5.74) is 1.63. The Bertz CT molecular complexity index is 1550. The number of carbonyl (C=O) groups is 4. The number of carboxylic acids is 1. The number of aliphatic carboxylic acids is 1. The normalized spacial score (nSPS) is 18.3. The van der Waals surface area contributed by atoms with Crippen LogP contribution in [0.4, 0.5) is 4.79 Å². The first-order valence-corrected chi connectivity index (χ1v) is 15.0. The van der Waals surface area contributed by atoms with E-state index in [1.165, 1.54) is 33.1 Å². The highest BCUT2D eigenvalue weighted by Crippen LogP contribution is 2.41. The van der Waals surface area contributed by atoms with Crippen LogP contribution in [-0.2, 0) is 32.8 Å². The number of nitrogens with one attached hydrogen (secondary N) is 2. The largest absolute Gasteiger partial charge is 0.497 e. The Morgan fingerprint density at radius 1 is 1.16 bits per heavy atom. The molecule has 5 rings (SSSR count). The number of aryl methyl sites for hydroxylation is 1. The van der Waals surface area contributed by atoms with Gasteiger partial charge in [-0.1, -0.05) is 54.2 Å². The van der Waals surface area contributed by atoms with Gasteiger partial charge in [-0.15, -0.1) is 16.9 Å². The summed E-state index contributed by atoms with van der Waals surface area (Å²) in [5, 5.41) is 26.3. The Balaban J connectivity index is 1.25. The number of aromatic nitrogens is 4. The van der Waals surface area contributed by atoms with Crippen LogP contribution in [0.5, 0.6) is 5.75 Å². The standard InChI is InChI=1S/C27H27N7O7S2/c1-33-26(30-31-32-33)43-14-17-13-42-24-20(23(36)34(24)21(17)25(37)38)28-22(35)19(16-6-4-3-5-7-16)29-27(39)41-12-15-8-10-18(40-2)11-9-15/h3-11,19-20,24H,12-14H2,1-2H3,(H,28,35)(H,29,39)(H,37,38)/t19?,20-,24?/m0/s1. The molecule has 1 aromatic heterocycles. The average molecular weight is 626 g/mol. The van der Waals surface area contributed by atoms with Crippen molar-refractivity contribution in [2.75, 3.05) is 18.6 Å². The molecule has 1 fully saturated rings. The van der Waals surface area contributed by atoms with Crippen molar-refractivity contribution in [3.05, 3.63) is 77.0 Å². The van der Waals surface area contributed by atoms with Crippen molar-refractivity contribution in [3.8, 4) is 5.75 Å². The van der Waals surface area contributed by atoms with E-state index in [0.29, 0.717) is 27.8 Å². The Morgan fingerprint density at radius 3 is 2.56 bits per heavy atom. The predicted molar refractivity (Wildman–Crippen MR) is 155 cm³/mol. The van der Waals surface area contributed by atoms with Crippen LogP contribution in [0.15, 0.2) is 71.0 Å². The van der Waals surface area contributed by atoms with Gasteiger partial charge in [-0.25, -0.2) is 14.3 Å². The maximum absolute atomic E-state index is 13.5. The van der Waals surface area contributed by atoms with Gasteiger partial charge in [-0.2, -0.15) is 0 Å². The number of carbonyl (C=O) groups excluding carboxylic acids is 3. The van der Waals surface area contributed by atoms with Gasteiger partial charge in [-0.05, 0) is 39.3 Å². The van der Waals surface area contributed by atoms with E-state index in [-0.39, 0.29) is 18.1 Å². The van der Waals surface area contributed by atoms with Crippen LogP contribution in [0.3, 0.4) is 0 Å². The third-order valence-electron chi connectivity index (χ3n) is 6.69. The molecule has 0 aliphatic carbocycles. The molecule has 0 bridgehead atoms. The van der Waals surface area contributed by atoms with E-state index in [9.17, 15) is 24.3 Å². The number of tetrazole rings is 1. The zero-order valence-corrected chi connectivity index (χ0v) is 24.6. The van der Waals surface area contributed by atoms with Crippen LogP contribution in [0.2, 0.25) is 0 Å². The van der Waals surface area contributed by atoms with Gasteiger partial charge in [0.1, 0.15) is 35.5 Å². The number of rotatable bonds is 11. The molecule has 3 amide bonds. The number of hydrogen-bond donors (Lipinski definition) is 3. The fourth-order valence-corrected chi connectivity index (χ4v) is 6.84. The van der Waals surface area contributed by atoms with Crippen molar-refractivity contribution in [3.63, 3.8) is 0 Å². The van der Waals surface area contributed by atoms with Gasteiger partial charge in [0, 0.05) is 18.6 Å². The van der Waals surface area contributed by atoms with E-state index in [2.05, 4.69) is 26.2 Å². The van der Waals surface area contributed by atoms with Crippen LogP contribution in [0.25, 0.3) is 0 Å². The molecule has 2 unspecified atom stereocenters. The lowest BCUT2D eigenvalue weighted by molar-refractivity contribution is -0.151. The molecule has 1 saturated heterocycles. The first kappa shape index (κ1) is 29.9. The SMILES string of the molecule is COc1ccc(COC(=O)NC(C(=O)N[C@H]2C(=O)N3C(C(=O)O)=C(CSc4nnnn4C)CSC23)c2ccccc2)cc1. The lowest BCUT2D eigenvalue weighted by atomic mass is 10.0. The first-order chi connectivity index (χ1) is 20.8. The number of hydrogen-bond acceptors (Lipinski definition) is 11. The summed E-state index contributed by atoms with van der Waals surface area (Å²) < 4.78 is 11.9. The number of nitrogens with zero attached hydrogens (tertiary/aromatic N) is 5. The van der Waals surface area contributed by atoms with Crippen molar-refractivity contribution in [1.82, 2.24) is 35.7 Å². The highest BCUT2D eigenvalue weighted by Gasteiger charge is 2.54. The van der Waals surface area contributed by atoms with Gasteiger partial charge in [0.15, 0.2) is 0 Å². The maximum Gasteiger partial charge on any atom is 0.408 e. The third kappa shape index (κ3) is 6.59. The molecule has 2 aromatic carbocycles. The minimum absolute atomic E-state index is 0.0359. The molecule has 16 heteroatoms. The summed E-state index contributed by atoms with van der Waals surface area (Å²) in [6, 6.07) is 13.4. The molecule has 0 saturated carbocycles. The summed E-state index contributed by atoms with van der Waals surface area (Å²) in [5.74, 6) is -1.16. The van der Waals surface area contributed by atoms with Gasteiger partial charge in [0.25, 0.3) is 5.91 Å². The number of benzene rings is 2. The molecular formula is C27H27N7O7S2. The summed E-state index contributed by atoms with van der Waals surface area (Å²) in [4.78, 5) is 52.8. The minimum Gasteiger partial charge on any atom is -0.497 e. The fourth-order valence-electron chi connectivity index (χ4n) is 4.50. The van der Waals surface area contributed by atoms with Crippen LogP contribution >= 0.6 is 23.5 Å². The van der Waals surface area contributed by atoms with Crippen LogP contribution in [0.1, 0.15) is 17.2 Å². The summed E-state index contributed by atoms with van der Waals surface area (Å²) in [7, 11) is 3.22. The van der Waals surface area contributed by atoms with Gasteiger partial charge in [-0.3, -0.25) is 14.5 Å².